The number of anilines is 1. The van der Waals surface area contributed by atoms with Gasteiger partial charge in [-0.15, -0.1) is 4.40 Å². The number of rotatable bonds is 2. The molecule has 0 unspecified atom stereocenters. The number of guanidine groups is 1. The van der Waals surface area contributed by atoms with Crippen LogP contribution in [0, 0.1) is 5.82 Å². The smallest absolute Gasteiger partial charge is 0.287 e. The van der Waals surface area contributed by atoms with Crippen molar-refractivity contribution in [3.05, 3.63) is 54.3 Å². The Morgan fingerprint density at radius 1 is 1.04 bits per heavy atom. The van der Waals surface area contributed by atoms with E-state index in [1.165, 1.54) is 18.2 Å². The number of fused-ring (bicyclic) bond motifs is 1. The summed E-state index contributed by atoms with van der Waals surface area (Å²) in [4.78, 5) is -0.274. The predicted octanol–water partition coefficient (Wildman–Crippen LogP) is 1.27. The third-order valence-electron chi connectivity index (χ3n) is 2.98. The maximum atomic E-state index is 12.9. The van der Waals surface area contributed by atoms with Crippen LogP contribution in [0.25, 0.3) is 0 Å². The number of halogens is 1. The molecule has 0 radical (unpaired) electrons. The highest BCUT2D eigenvalue weighted by Crippen LogP contribution is 2.26. The van der Waals surface area contributed by atoms with E-state index < -0.39 is 31.8 Å². The van der Waals surface area contributed by atoms with E-state index >= 15 is 0 Å². The van der Waals surface area contributed by atoms with Gasteiger partial charge in [0.25, 0.3) is 20.0 Å². The van der Waals surface area contributed by atoms with Gasteiger partial charge in [0.15, 0.2) is 0 Å². The van der Waals surface area contributed by atoms with Gasteiger partial charge in [-0.1, -0.05) is 12.1 Å². The fourth-order valence-corrected chi connectivity index (χ4v) is 4.06. The highest BCUT2D eigenvalue weighted by Gasteiger charge is 2.27. The Balaban J connectivity index is 1.95. The van der Waals surface area contributed by atoms with E-state index in [2.05, 4.69) is 9.71 Å². The van der Waals surface area contributed by atoms with E-state index in [0.29, 0.717) is 0 Å². The average Bonchev–Trinajstić information content (AvgIpc) is 2.46. The minimum absolute atomic E-state index is 0.0512. The number of nitrogens with zero attached hydrogens (tertiary/aromatic N) is 1. The van der Waals surface area contributed by atoms with Crippen molar-refractivity contribution in [3.63, 3.8) is 0 Å². The van der Waals surface area contributed by atoms with Crippen molar-refractivity contribution < 1.29 is 21.2 Å². The monoisotopic (exact) mass is 355 g/mol. The van der Waals surface area contributed by atoms with Crippen LogP contribution in [0.2, 0.25) is 0 Å². The summed E-state index contributed by atoms with van der Waals surface area (Å²) in [5, 5.41) is 2.60. The summed E-state index contributed by atoms with van der Waals surface area (Å²) >= 11 is 0. The van der Waals surface area contributed by atoms with Gasteiger partial charge in [0.1, 0.15) is 10.7 Å². The Bertz CT molecular complexity index is 1000. The molecule has 1 heterocycles. The molecule has 23 heavy (non-hydrogen) atoms. The van der Waals surface area contributed by atoms with E-state index in [1.54, 1.807) is 6.07 Å². The first-order valence-electron chi connectivity index (χ1n) is 6.27. The van der Waals surface area contributed by atoms with Crippen molar-refractivity contribution in [1.82, 2.24) is 4.72 Å². The molecule has 0 bridgehead atoms. The van der Waals surface area contributed by atoms with Crippen LogP contribution in [0.1, 0.15) is 0 Å². The van der Waals surface area contributed by atoms with Gasteiger partial charge >= 0.3 is 0 Å². The lowest BCUT2D eigenvalue weighted by Gasteiger charge is -2.18. The molecule has 0 saturated carbocycles. The average molecular weight is 355 g/mol. The number of benzene rings is 2. The van der Waals surface area contributed by atoms with Gasteiger partial charge in [0.2, 0.25) is 5.96 Å². The standard InChI is InChI=1S/C13H10FN3O4S2/c14-9-5-7-10(8-6-9)22(18,19)16-13-15-11-3-1-2-4-12(11)23(20,21)17-13/h1-8H,(H2,15,16,17). The van der Waals surface area contributed by atoms with Crippen LogP contribution in [0.4, 0.5) is 10.1 Å². The van der Waals surface area contributed by atoms with Crippen molar-refractivity contribution in [3.8, 4) is 0 Å². The van der Waals surface area contributed by atoms with E-state index in [1.807, 2.05) is 4.72 Å². The first kappa shape index (κ1) is 15.4. The zero-order chi connectivity index (χ0) is 16.7. The second kappa shape index (κ2) is 5.32. The summed E-state index contributed by atoms with van der Waals surface area (Å²) in [7, 11) is -8.12. The van der Waals surface area contributed by atoms with Crippen LogP contribution in [-0.4, -0.2) is 22.8 Å². The van der Waals surface area contributed by atoms with Crippen LogP contribution in [0.5, 0.6) is 0 Å². The fourth-order valence-electron chi connectivity index (χ4n) is 1.96. The molecule has 0 aromatic heterocycles. The molecule has 0 spiro atoms. The number of para-hydroxylation sites is 1. The lowest BCUT2D eigenvalue weighted by atomic mass is 10.3. The molecule has 0 aliphatic carbocycles. The SMILES string of the molecule is O=S1(=O)N=C(NS(=O)(=O)c2ccc(F)cc2)Nc2ccccc21. The molecular formula is C13H10FN3O4S2. The van der Waals surface area contributed by atoms with Gasteiger partial charge in [0, 0.05) is 0 Å². The second-order valence-corrected chi connectivity index (χ2v) is 7.85. The highest BCUT2D eigenvalue weighted by molar-refractivity contribution is 7.91. The third-order valence-corrected chi connectivity index (χ3v) is 5.67. The zero-order valence-electron chi connectivity index (χ0n) is 11.4. The summed E-state index contributed by atoms with van der Waals surface area (Å²) < 4.78 is 66.8. The molecule has 0 amide bonds. The number of hydrogen-bond acceptors (Lipinski definition) is 5. The van der Waals surface area contributed by atoms with Crippen LogP contribution in [0.15, 0.2) is 62.7 Å². The third kappa shape index (κ3) is 3.03. The fraction of sp³-hybridized carbons (Fsp3) is 0. The zero-order valence-corrected chi connectivity index (χ0v) is 13.0. The lowest BCUT2D eigenvalue weighted by molar-refractivity contribution is 0.591. The Hall–Kier alpha value is -2.46. The van der Waals surface area contributed by atoms with Gasteiger partial charge < -0.3 is 5.32 Å². The summed E-state index contributed by atoms with van der Waals surface area (Å²) in [6.45, 7) is 0. The van der Waals surface area contributed by atoms with Crippen molar-refractivity contribution in [1.29, 1.82) is 0 Å². The molecule has 1 aliphatic rings. The Labute approximate surface area is 132 Å². The second-order valence-electron chi connectivity index (χ2n) is 4.60. The van der Waals surface area contributed by atoms with E-state index in [9.17, 15) is 21.2 Å². The maximum absolute atomic E-state index is 12.9. The highest BCUT2D eigenvalue weighted by atomic mass is 32.2. The van der Waals surface area contributed by atoms with Crippen LogP contribution in [0.3, 0.4) is 0 Å². The molecule has 120 valence electrons. The Morgan fingerprint density at radius 3 is 2.39 bits per heavy atom. The molecule has 2 aromatic carbocycles. The summed E-state index contributed by atoms with van der Waals surface area (Å²) in [6, 6.07) is 10.0. The van der Waals surface area contributed by atoms with E-state index in [4.69, 9.17) is 0 Å². The number of hydrogen-bond donors (Lipinski definition) is 2. The molecule has 0 saturated heterocycles. The topological polar surface area (TPSA) is 105 Å². The van der Waals surface area contributed by atoms with Crippen molar-refractivity contribution in [2.45, 2.75) is 9.79 Å². The van der Waals surface area contributed by atoms with Crippen molar-refractivity contribution >= 4 is 31.7 Å². The van der Waals surface area contributed by atoms with E-state index in [0.717, 1.165) is 24.3 Å². The molecule has 1 aliphatic heterocycles. The van der Waals surface area contributed by atoms with Crippen LogP contribution < -0.4 is 10.0 Å². The largest absolute Gasteiger partial charge is 0.323 e. The first-order chi connectivity index (χ1) is 10.8. The molecule has 2 aromatic rings. The Morgan fingerprint density at radius 2 is 1.70 bits per heavy atom. The minimum atomic E-state index is -4.10. The van der Waals surface area contributed by atoms with Gasteiger partial charge in [-0.2, -0.15) is 8.42 Å². The molecule has 0 atom stereocenters. The first-order valence-corrected chi connectivity index (χ1v) is 9.20. The van der Waals surface area contributed by atoms with Crippen LogP contribution in [-0.2, 0) is 20.0 Å². The number of nitrogens with one attached hydrogen (secondary N) is 2. The van der Waals surface area contributed by atoms with Gasteiger partial charge in [0.05, 0.1) is 10.6 Å². The molecule has 7 nitrogen and oxygen atoms in total. The van der Waals surface area contributed by atoms with Gasteiger partial charge in [-0.25, -0.2) is 17.5 Å². The van der Waals surface area contributed by atoms with Crippen LogP contribution >= 0.6 is 0 Å². The minimum Gasteiger partial charge on any atom is -0.323 e. The van der Waals surface area contributed by atoms with Gasteiger partial charge in [-0.3, -0.25) is 0 Å². The molecule has 3 rings (SSSR count). The molecular weight excluding hydrogens is 345 g/mol. The summed E-state index contributed by atoms with van der Waals surface area (Å²) in [5.74, 6) is -1.04. The van der Waals surface area contributed by atoms with Crippen molar-refractivity contribution in [2.24, 2.45) is 4.40 Å². The molecule has 0 fully saturated rings. The quantitative estimate of drug-likeness (QED) is 0.844. The predicted molar refractivity (Wildman–Crippen MR) is 81.4 cm³/mol. The maximum Gasteiger partial charge on any atom is 0.287 e. The lowest BCUT2D eigenvalue weighted by Crippen LogP contribution is -2.38. The molecule has 2 N–H and O–H groups in total. The van der Waals surface area contributed by atoms with Crippen molar-refractivity contribution in [2.75, 3.05) is 5.32 Å². The summed E-state index contributed by atoms with van der Waals surface area (Å²) in [6.07, 6.45) is 0. The normalized spacial score (nSPS) is 16.0. The Kier molecular flexibility index (Phi) is 3.57. The summed E-state index contributed by atoms with van der Waals surface area (Å²) in [5.41, 5.74) is 0.208. The van der Waals surface area contributed by atoms with E-state index in [-0.39, 0.29) is 15.5 Å². The molecule has 10 heteroatoms. The van der Waals surface area contributed by atoms with Gasteiger partial charge in [-0.05, 0) is 36.4 Å². The number of sulfonamides is 2.